The summed E-state index contributed by atoms with van der Waals surface area (Å²) < 4.78 is 0. The predicted molar refractivity (Wildman–Crippen MR) is 113 cm³/mol. The van der Waals surface area contributed by atoms with Gasteiger partial charge in [0.25, 0.3) is 5.91 Å². The topological polar surface area (TPSA) is 58.1 Å². The Balaban J connectivity index is 1.44. The van der Waals surface area contributed by atoms with Gasteiger partial charge >= 0.3 is 0 Å². The van der Waals surface area contributed by atoms with Gasteiger partial charge in [-0.15, -0.1) is 0 Å². The number of carbonyl (C=O) groups is 1. The number of anilines is 2. The van der Waals surface area contributed by atoms with Crippen molar-refractivity contribution in [1.82, 2.24) is 9.97 Å². The molecule has 0 bridgehead atoms. The Bertz CT molecular complexity index is 945. The summed E-state index contributed by atoms with van der Waals surface area (Å²) in [5.74, 6) is 0.687. The maximum atomic E-state index is 12.5. The Morgan fingerprint density at radius 2 is 1.64 bits per heavy atom. The van der Waals surface area contributed by atoms with E-state index in [0.29, 0.717) is 5.56 Å². The van der Waals surface area contributed by atoms with Crippen molar-refractivity contribution in [2.75, 3.05) is 23.3 Å². The molecular formula is C23H24N4O. The summed E-state index contributed by atoms with van der Waals surface area (Å²) in [5.41, 5.74) is 4.48. The molecule has 0 saturated carbocycles. The van der Waals surface area contributed by atoms with E-state index in [1.165, 1.54) is 19.3 Å². The lowest BCUT2D eigenvalue weighted by Crippen LogP contribution is -2.30. The lowest BCUT2D eigenvalue weighted by molar-refractivity contribution is 0.102. The molecule has 1 aliphatic heterocycles. The van der Waals surface area contributed by atoms with Crippen LogP contribution in [0.5, 0.6) is 0 Å². The van der Waals surface area contributed by atoms with Crippen LogP contribution in [0.25, 0.3) is 11.1 Å². The van der Waals surface area contributed by atoms with Crippen molar-refractivity contribution in [3.63, 3.8) is 0 Å². The van der Waals surface area contributed by atoms with Gasteiger partial charge in [0, 0.05) is 42.3 Å². The minimum Gasteiger partial charge on any atom is -0.341 e. The van der Waals surface area contributed by atoms with Gasteiger partial charge in [-0.3, -0.25) is 4.79 Å². The molecular weight excluding hydrogens is 348 g/mol. The Kier molecular flexibility index (Phi) is 5.33. The molecule has 1 fully saturated rings. The summed E-state index contributed by atoms with van der Waals surface area (Å²) in [6.07, 6.45) is 7.42. The first kappa shape index (κ1) is 18.2. The van der Waals surface area contributed by atoms with Crippen LogP contribution in [0.15, 0.2) is 60.9 Å². The summed E-state index contributed by atoms with van der Waals surface area (Å²) in [7, 11) is 0. The molecule has 1 N–H and O–H groups in total. The van der Waals surface area contributed by atoms with E-state index in [4.69, 9.17) is 0 Å². The van der Waals surface area contributed by atoms with Crippen molar-refractivity contribution in [2.45, 2.75) is 26.2 Å². The summed E-state index contributed by atoms with van der Waals surface area (Å²) in [4.78, 5) is 23.8. The molecule has 5 nitrogen and oxygen atoms in total. The number of hydrogen-bond donors (Lipinski definition) is 1. The second kappa shape index (κ2) is 8.21. The molecule has 0 atom stereocenters. The molecule has 1 aromatic heterocycles. The highest BCUT2D eigenvalue weighted by Crippen LogP contribution is 2.21. The normalized spacial score (nSPS) is 14.0. The fraction of sp³-hybridized carbons (Fsp3) is 0.261. The number of carbonyl (C=O) groups excluding carboxylic acids is 1. The lowest BCUT2D eigenvalue weighted by Gasteiger charge is -2.26. The summed E-state index contributed by atoms with van der Waals surface area (Å²) in [5, 5.41) is 2.93. The Hall–Kier alpha value is -3.21. The quantitative estimate of drug-likeness (QED) is 0.721. The first-order valence-electron chi connectivity index (χ1n) is 9.74. The van der Waals surface area contributed by atoms with Gasteiger partial charge in [0.05, 0.1) is 0 Å². The van der Waals surface area contributed by atoms with Crippen molar-refractivity contribution >= 4 is 17.5 Å². The molecule has 28 heavy (non-hydrogen) atoms. The first-order chi connectivity index (χ1) is 13.7. The SMILES string of the molecule is Cc1cccc(NC(=O)c2ccc(-c3cnc(N4CCCCC4)nc3)cc2)c1. The Labute approximate surface area is 165 Å². The van der Waals surface area contributed by atoms with Crippen LogP contribution in [-0.2, 0) is 0 Å². The molecule has 1 aliphatic rings. The van der Waals surface area contributed by atoms with E-state index in [0.717, 1.165) is 41.4 Å². The molecule has 2 aromatic carbocycles. The van der Waals surface area contributed by atoms with E-state index in [2.05, 4.69) is 20.2 Å². The molecule has 2 heterocycles. The molecule has 1 amide bonds. The van der Waals surface area contributed by atoms with E-state index in [9.17, 15) is 4.79 Å². The molecule has 1 saturated heterocycles. The molecule has 0 radical (unpaired) electrons. The zero-order valence-electron chi connectivity index (χ0n) is 16.1. The van der Waals surface area contributed by atoms with E-state index in [1.807, 2.05) is 67.8 Å². The van der Waals surface area contributed by atoms with E-state index in [-0.39, 0.29) is 5.91 Å². The molecule has 0 aliphatic carbocycles. The van der Waals surface area contributed by atoms with Gasteiger partial charge in [0.15, 0.2) is 0 Å². The van der Waals surface area contributed by atoms with Crippen LogP contribution in [0.4, 0.5) is 11.6 Å². The van der Waals surface area contributed by atoms with Gasteiger partial charge in [-0.1, -0.05) is 24.3 Å². The lowest BCUT2D eigenvalue weighted by atomic mass is 10.1. The number of benzene rings is 2. The highest BCUT2D eigenvalue weighted by molar-refractivity contribution is 6.04. The van der Waals surface area contributed by atoms with Crippen molar-refractivity contribution < 1.29 is 4.79 Å². The van der Waals surface area contributed by atoms with Crippen LogP contribution in [0.3, 0.4) is 0 Å². The van der Waals surface area contributed by atoms with Crippen LogP contribution in [0.2, 0.25) is 0 Å². The zero-order chi connectivity index (χ0) is 19.3. The monoisotopic (exact) mass is 372 g/mol. The van der Waals surface area contributed by atoms with Gasteiger partial charge in [-0.2, -0.15) is 0 Å². The number of piperidine rings is 1. The van der Waals surface area contributed by atoms with Gasteiger partial charge in [0.1, 0.15) is 0 Å². The second-order valence-electron chi connectivity index (χ2n) is 7.22. The maximum Gasteiger partial charge on any atom is 0.255 e. The number of aryl methyl sites for hydroxylation is 1. The second-order valence-corrected chi connectivity index (χ2v) is 7.22. The Morgan fingerprint density at radius 3 is 2.32 bits per heavy atom. The van der Waals surface area contributed by atoms with Crippen LogP contribution in [-0.4, -0.2) is 29.0 Å². The number of nitrogens with zero attached hydrogens (tertiary/aromatic N) is 3. The first-order valence-corrected chi connectivity index (χ1v) is 9.74. The highest BCUT2D eigenvalue weighted by Gasteiger charge is 2.13. The minimum atomic E-state index is -0.117. The number of hydrogen-bond acceptors (Lipinski definition) is 4. The average molecular weight is 372 g/mol. The van der Waals surface area contributed by atoms with Gasteiger partial charge in [0.2, 0.25) is 5.95 Å². The number of nitrogens with one attached hydrogen (secondary N) is 1. The van der Waals surface area contributed by atoms with Gasteiger partial charge in [-0.25, -0.2) is 9.97 Å². The third-order valence-electron chi connectivity index (χ3n) is 5.03. The smallest absolute Gasteiger partial charge is 0.255 e. The van der Waals surface area contributed by atoms with Crippen LogP contribution in [0.1, 0.15) is 35.2 Å². The number of rotatable bonds is 4. The molecule has 142 valence electrons. The van der Waals surface area contributed by atoms with Crippen LogP contribution >= 0.6 is 0 Å². The van der Waals surface area contributed by atoms with Crippen molar-refractivity contribution in [3.8, 4) is 11.1 Å². The molecule has 4 rings (SSSR count). The highest BCUT2D eigenvalue weighted by atomic mass is 16.1. The van der Waals surface area contributed by atoms with Crippen molar-refractivity contribution in [1.29, 1.82) is 0 Å². The zero-order valence-corrected chi connectivity index (χ0v) is 16.1. The van der Waals surface area contributed by atoms with Gasteiger partial charge in [-0.05, 0) is 61.6 Å². The van der Waals surface area contributed by atoms with Gasteiger partial charge < -0.3 is 10.2 Å². The predicted octanol–water partition coefficient (Wildman–Crippen LogP) is 4.69. The molecule has 3 aromatic rings. The van der Waals surface area contributed by atoms with Crippen molar-refractivity contribution in [2.24, 2.45) is 0 Å². The number of amides is 1. The minimum absolute atomic E-state index is 0.117. The maximum absolute atomic E-state index is 12.5. The van der Waals surface area contributed by atoms with Crippen molar-refractivity contribution in [3.05, 3.63) is 72.1 Å². The standard InChI is InChI=1S/C23H24N4O/c1-17-6-5-7-21(14-17)26-22(28)19-10-8-18(9-11-19)20-15-24-23(25-16-20)27-12-3-2-4-13-27/h5-11,14-16H,2-4,12-13H2,1H3,(H,26,28). The van der Waals surface area contributed by atoms with Crippen LogP contribution < -0.4 is 10.2 Å². The van der Waals surface area contributed by atoms with Crippen LogP contribution in [0, 0.1) is 6.92 Å². The van der Waals surface area contributed by atoms with E-state index >= 15 is 0 Å². The summed E-state index contributed by atoms with van der Waals surface area (Å²) in [6, 6.07) is 15.3. The third kappa shape index (κ3) is 4.19. The largest absolute Gasteiger partial charge is 0.341 e. The third-order valence-corrected chi connectivity index (χ3v) is 5.03. The summed E-state index contributed by atoms with van der Waals surface area (Å²) >= 11 is 0. The number of aromatic nitrogens is 2. The molecule has 0 unspecified atom stereocenters. The van der Waals surface area contributed by atoms with E-state index in [1.54, 1.807) is 0 Å². The molecule has 5 heteroatoms. The average Bonchev–Trinajstić information content (AvgIpc) is 2.75. The fourth-order valence-electron chi connectivity index (χ4n) is 3.47. The van der Waals surface area contributed by atoms with E-state index < -0.39 is 0 Å². The summed E-state index contributed by atoms with van der Waals surface area (Å²) in [6.45, 7) is 4.07. The molecule has 0 spiro atoms. The Morgan fingerprint density at radius 1 is 0.929 bits per heavy atom. The fourth-order valence-corrected chi connectivity index (χ4v) is 3.47.